The Kier molecular flexibility index (Phi) is 5.53. The van der Waals surface area contributed by atoms with Gasteiger partial charge in [-0.15, -0.1) is 13.2 Å². The number of carbonyl (C=O) groups is 3. The number of carboxylic acids is 1. The average Bonchev–Trinajstić information content (AvgIpc) is 3.49. The number of carboxylic acid groups (broad SMARTS) is 1. The van der Waals surface area contributed by atoms with Gasteiger partial charge in [0, 0.05) is 29.6 Å². The number of ketones is 1. The summed E-state index contributed by atoms with van der Waals surface area (Å²) in [5.41, 5.74) is -0.0919. The highest BCUT2D eigenvalue weighted by atomic mass is 19.4. The van der Waals surface area contributed by atoms with E-state index < -0.39 is 41.9 Å². The molecule has 2 aromatic rings. The number of aliphatic carboxylic acids is 1. The number of pyridine rings is 1. The van der Waals surface area contributed by atoms with Crippen LogP contribution in [-0.2, 0) is 4.79 Å². The topological polar surface area (TPSA) is 99.6 Å². The number of halogens is 3. The standard InChI is InChI=1S/C19H15F3N2O5/c20-19(21,22)29-14-7-3-11(4-8-14)17(26)24(13-5-6-13)15(18(27)28)16(25)12-2-1-9-23-10-12/h1-4,7-10,13,15H,5-6H2,(H,27,28)/p-1. The molecule has 10 heteroatoms. The molecule has 0 N–H and O–H groups in total. The molecular weight excluding hydrogens is 393 g/mol. The van der Waals surface area contributed by atoms with Gasteiger partial charge in [0.1, 0.15) is 11.8 Å². The minimum atomic E-state index is -4.89. The Bertz CT molecular complexity index is 912. The SMILES string of the molecule is O=C([O-])C(C(=O)c1cccnc1)N(C(=O)c1ccc(OC(F)(F)F)cc1)C1CC1. The van der Waals surface area contributed by atoms with Crippen LogP contribution in [0.1, 0.15) is 33.6 Å². The third kappa shape index (κ3) is 4.89. The van der Waals surface area contributed by atoms with Crippen LogP contribution >= 0.6 is 0 Å². The van der Waals surface area contributed by atoms with E-state index in [2.05, 4.69) is 9.72 Å². The second-order valence-electron chi connectivity index (χ2n) is 6.34. The predicted molar refractivity (Wildman–Crippen MR) is 89.7 cm³/mol. The first kappa shape index (κ1) is 20.3. The molecule has 1 saturated carbocycles. The first-order valence-corrected chi connectivity index (χ1v) is 8.51. The Morgan fingerprint density at radius 2 is 1.76 bits per heavy atom. The fraction of sp³-hybridized carbons (Fsp3) is 0.263. The number of Topliss-reactive ketones (excluding diaryl/α,β-unsaturated/α-hetero) is 1. The van der Waals surface area contributed by atoms with Crippen molar-refractivity contribution in [1.82, 2.24) is 9.88 Å². The lowest BCUT2D eigenvalue weighted by molar-refractivity contribution is -0.308. The van der Waals surface area contributed by atoms with Crippen molar-refractivity contribution in [3.63, 3.8) is 0 Å². The average molecular weight is 407 g/mol. The summed E-state index contributed by atoms with van der Waals surface area (Å²) in [4.78, 5) is 42.0. The molecule has 1 fully saturated rings. The molecule has 1 amide bonds. The van der Waals surface area contributed by atoms with Crippen LogP contribution in [0.4, 0.5) is 13.2 Å². The zero-order valence-electron chi connectivity index (χ0n) is 14.8. The predicted octanol–water partition coefficient (Wildman–Crippen LogP) is 1.59. The van der Waals surface area contributed by atoms with Crippen LogP contribution < -0.4 is 9.84 Å². The van der Waals surface area contributed by atoms with Crippen molar-refractivity contribution in [2.45, 2.75) is 31.3 Å². The number of amides is 1. The van der Waals surface area contributed by atoms with Crippen LogP contribution in [0.2, 0.25) is 0 Å². The summed E-state index contributed by atoms with van der Waals surface area (Å²) in [5, 5.41) is 11.7. The number of carbonyl (C=O) groups excluding carboxylic acids is 3. The molecule has 0 bridgehead atoms. The van der Waals surface area contributed by atoms with Crippen molar-refractivity contribution >= 4 is 17.7 Å². The Labute approximate surface area is 162 Å². The lowest BCUT2D eigenvalue weighted by Gasteiger charge is -2.31. The van der Waals surface area contributed by atoms with E-state index >= 15 is 0 Å². The highest BCUT2D eigenvalue weighted by Crippen LogP contribution is 2.32. The largest absolute Gasteiger partial charge is 0.573 e. The molecule has 0 aliphatic heterocycles. The monoisotopic (exact) mass is 407 g/mol. The van der Waals surface area contributed by atoms with E-state index in [1.807, 2.05) is 0 Å². The molecule has 29 heavy (non-hydrogen) atoms. The van der Waals surface area contributed by atoms with Crippen molar-refractivity contribution < 1.29 is 37.4 Å². The van der Waals surface area contributed by atoms with Gasteiger partial charge in [-0.2, -0.15) is 0 Å². The maximum atomic E-state index is 12.9. The van der Waals surface area contributed by atoms with Crippen molar-refractivity contribution in [3.8, 4) is 5.75 Å². The number of benzene rings is 1. The van der Waals surface area contributed by atoms with Crippen LogP contribution in [-0.4, -0.2) is 46.0 Å². The Morgan fingerprint density at radius 1 is 1.10 bits per heavy atom. The number of rotatable bonds is 7. The lowest BCUT2D eigenvalue weighted by atomic mass is 10.0. The first-order chi connectivity index (χ1) is 13.7. The molecule has 0 radical (unpaired) electrons. The normalized spacial score (nSPS) is 14.7. The van der Waals surface area contributed by atoms with Gasteiger partial charge in [0.2, 0.25) is 0 Å². The number of alkyl halides is 3. The van der Waals surface area contributed by atoms with Crippen LogP contribution in [0.15, 0.2) is 48.8 Å². The molecule has 1 unspecified atom stereocenters. The number of ether oxygens (including phenoxy) is 1. The van der Waals surface area contributed by atoms with Crippen LogP contribution in [0.25, 0.3) is 0 Å². The van der Waals surface area contributed by atoms with Crippen molar-refractivity contribution in [2.24, 2.45) is 0 Å². The Morgan fingerprint density at radius 3 is 2.24 bits per heavy atom. The second kappa shape index (κ2) is 7.90. The zero-order chi connectivity index (χ0) is 21.2. The smallest absolute Gasteiger partial charge is 0.547 e. The summed E-state index contributed by atoms with van der Waals surface area (Å²) >= 11 is 0. The maximum Gasteiger partial charge on any atom is 0.573 e. The Balaban J connectivity index is 1.88. The van der Waals surface area contributed by atoms with Crippen LogP contribution in [0.3, 0.4) is 0 Å². The third-order valence-corrected chi connectivity index (χ3v) is 4.21. The summed E-state index contributed by atoms with van der Waals surface area (Å²) in [6.45, 7) is 0. The number of aromatic nitrogens is 1. The van der Waals surface area contributed by atoms with Gasteiger partial charge < -0.3 is 19.5 Å². The van der Waals surface area contributed by atoms with Crippen molar-refractivity contribution in [1.29, 1.82) is 0 Å². The lowest BCUT2D eigenvalue weighted by Crippen LogP contribution is -2.55. The molecule has 1 aromatic carbocycles. The molecule has 1 atom stereocenters. The van der Waals surface area contributed by atoms with E-state index in [0.29, 0.717) is 12.8 Å². The van der Waals surface area contributed by atoms with Crippen LogP contribution in [0, 0.1) is 0 Å². The van der Waals surface area contributed by atoms with Gasteiger partial charge in [-0.3, -0.25) is 14.6 Å². The fourth-order valence-electron chi connectivity index (χ4n) is 2.81. The molecule has 1 heterocycles. The summed E-state index contributed by atoms with van der Waals surface area (Å²) in [7, 11) is 0. The molecule has 152 valence electrons. The van der Waals surface area contributed by atoms with Gasteiger partial charge in [-0.25, -0.2) is 0 Å². The van der Waals surface area contributed by atoms with Gasteiger partial charge in [-0.1, -0.05) is 0 Å². The van der Waals surface area contributed by atoms with Gasteiger partial charge in [-0.05, 0) is 49.2 Å². The summed E-state index contributed by atoms with van der Waals surface area (Å²) in [5.74, 6) is -3.96. The fourth-order valence-corrected chi connectivity index (χ4v) is 2.81. The number of hydrogen-bond donors (Lipinski definition) is 0. The van der Waals surface area contributed by atoms with Gasteiger partial charge in [0.25, 0.3) is 5.91 Å². The summed E-state index contributed by atoms with van der Waals surface area (Å²) in [6, 6.07) is 4.44. The zero-order valence-corrected chi connectivity index (χ0v) is 14.8. The van der Waals surface area contributed by atoms with E-state index in [9.17, 15) is 32.7 Å². The highest BCUT2D eigenvalue weighted by Gasteiger charge is 2.42. The summed E-state index contributed by atoms with van der Waals surface area (Å²) in [6.07, 6.45) is -1.33. The quantitative estimate of drug-likeness (QED) is 0.511. The van der Waals surface area contributed by atoms with E-state index in [1.165, 1.54) is 24.5 Å². The van der Waals surface area contributed by atoms with E-state index in [1.54, 1.807) is 0 Å². The molecule has 3 rings (SSSR count). The minimum Gasteiger partial charge on any atom is -0.547 e. The first-order valence-electron chi connectivity index (χ1n) is 8.51. The molecule has 1 aliphatic carbocycles. The molecule has 7 nitrogen and oxygen atoms in total. The molecular formula is C19H14F3N2O5-. The molecule has 1 aromatic heterocycles. The number of nitrogens with zero attached hydrogens (tertiary/aromatic N) is 2. The maximum absolute atomic E-state index is 12.9. The molecule has 0 spiro atoms. The van der Waals surface area contributed by atoms with E-state index in [-0.39, 0.29) is 11.1 Å². The van der Waals surface area contributed by atoms with Gasteiger partial charge >= 0.3 is 6.36 Å². The van der Waals surface area contributed by atoms with E-state index in [0.717, 1.165) is 29.2 Å². The van der Waals surface area contributed by atoms with Crippen molar-refractivity contribution in [2.75, 3.05) is 0 Å². The third-order valence-electron chi connectivity index (χ3n) is 4.21. The highest BCUT2D eigenvalue weighted by molar-refractivity contribution is 6.14. The Hall–Kier alpha value is -3.43. The van der Waals surface area contributed by atoms with E-state index in [4.69, 9.17) is 0 Å². The van der Waals surface area contributed by atoms with Gasteiger partial charge in [0.05, 0.1) is 5.97 Å². The molecule has 1 aliphatic rings. The second-order valence-corrected chi connectivity index (χ2v) is 6.34. The van der Waals surface area contributed by atoms with Crippen molar-refractivity contribution in [3.05, 3.63) is 59.9 Å². The number of hydrogen-bond acceptors (Lipinski definition) is 6. The van der Waals surface area contributed by atoms with Gasteiger partial charge in [0.15, 0.2) is 5.78 Å². The molecule has 0 saturated heterocycles. The van der Waals surface area contributed by atoms with Crippen LogP contribution in [0.5, 0.6) is 5.75 Å². The minimum absolute atomic E-state index is 0.00549. The summed E-state index contributed by atoms with van der Waals surface area (Å²) < 4.78 is 40.6.